The monoisotopic (exact) mass is 467 g/mol. The van der Waals surface area contributed by atoms with E-state index in [1.54, 1.807) is 6.92 Å². The molecule has 8 nitrogen and oxygen atoms in total. The molecule has 0 fully saturated rings. The van der Waals surface area contributed by atoms with Crippen molar-refractivity contribution >= 4 is 11.6 Å². The van der Waals surface area contributed by atoms with Gasteiger partial charge in [-0.1, -0.05) is 6.07 Å². The second-order valence-electron chi connectivity index (χ2n) is 6.88. The van der Waals surface area contributed by atoms with Gasteiger partial charge in [-0.3, -0.25) is 9.50 Å². The minimum absolute atomic E-state index is 0.129. The first-order valence-corrected chi connectivity index (χ1v) is 9.31. The SMILES string of the molecule is Cc1nc(OCc2c(F)cccc2F)c2nc(C)c(-c3cn[nH]c3)n2c1OC(=O)C(F)(F)F. The minimum Gasteiger partial charge on any atom is -0.470 e. The van der Waals surface area contributed by atoms with Crippen molar-refractivity contribution in [2.75, 3.05) is 0 Å². The fourth-order valence-corrected chi connectivity index (χ4v) is 3.17. The average molecular weight is 467 g/mol. The fourth-order valence-electron chi connectivity index (χ4n) is 3.17. The van der Waals surface area contributed by atoms with Crippen LogP contribution in [-0.4, -0.2) is 36.7 Å². The minimum atomic E-state index is -5.26. The molecular weight excluding hydrogens is 453 g/mol. The number of H-pyrrole nitrogens is 1. The number of carbonyl (C=O) groups is 1. The highest BCUT2D eigenvalue weighted by Gasteiger charge is 2.42. The highest BCUT2D eigenvalue weighted by Crippen LogP contribution is 2.35. The Morgan fingerprint density at radius 3 is 2.42 bits per heavy atom. The molecule has 172 valence electrons. The van der Waals surface area contributed by atoms with Crippen molar-refractivity contribution in [3.05, 3.63) is 59.2 Å². The predicted octanol–water partition coefficient (Wildman–Crippen LogP) is 4.06. The molecule has 3 heterocycles. The second-order valence-corrected chi connectivity index (χ2v) is 6.88. The highest BCUT2D eigenvalue weighted by atomic mass is 19.4. The van der Waals surface area contributed by atoms with Crippen molar-refractivity contribution < 1.29 is 36.2 Å². The standard InChI is InChI=1S/C20H14F5N5O3/c1-9-15(11-6-26-27-7-11)30-16(28-9)17(32-8-12-13(21)4-3-5-14(12)22)29-10(2)18(30)33-19(31)20(23,24)25/h3-7H,8H2,1-2H3,(H,26,27). The third-order valence-electron chi connectivity index (χ3n) is 4.63. The van der Waals surface area contributed by atoms with Crippen LogP contribution < -0.4 is 9.47 Å². The summed E-state index contributed by atoms with van der Waals surface area (Å²) >= 11 is 0. The number of imidazole rings is 1. The lowest BCUT2D eigenvalue weighted by Gasteiger charge is -2.15. The first-order valence-electron chi connectivity index (χ1n) is 9.31. The lowest BCUT2D eigenvalue weighted by atomic mass is 10.2. The summed E-state index contributed by atoms with van der Waals surface area (Å²) in [6.45, 7) is 2.26. The van der Waals surface area contributed by atoms with Gasteiger partial charge in [-0.15, -0.1) is 0 Å². The van der Waals surface area contributed by atoms with E-state index in [2.05, 4.69) is 24.9 Å². The van der Waals surface area contributed by atoms with Gasteiger partial charge in [0.2, 0.25) is 11.5 Å². The van der Waals surface area contributed by atoms with Crippen LogP contribution in [0.2, 0.25) is 0 Å². The van der Waals surface area contributed by atoms with Crippen LogP contribution in [0.5, 0.6) is 11.8 Å². The van der Waals surface area contributed by atoms with Gasteiger partial charge in [-0.2, -0.15) is 18.3 Å². The zero-order chi connectivity index (χ0) is 23.9. The first kappa shape index (κ1) is 22.2. The topological polar surface area (TPSA) is 94.4 Å². The number of carbonyl (C=O) groups excluding carboxylic acids is 1. The molecule has 4 aromatic rings. The molecule has 0 saturated carbocycles. The molecule has 4 rings (SSSR count). The van der Waals surface area contributed by atoms with E-state index in [1.165, 1.54) is 25.4 Å². The molecule has 0 aliphatic rings. The van der Waals surface area contributed by atoms with Gasteiger partial charge in [0.25, 0.3) is 5.88 Å². The van der Waals surface area contributed by atoms with Crippen LogP contribution in [0.3, 0.4) is 0 Å². The highest BCUT2D eigenvalue weighted by molar-refractivity contribution is 5.79. The molecule has 0 aliphatic carbocycles. The number of benzene rings is 1. The number of alkyl halides is 3. The summed E-state index contributed by atoms with van der Waals surface area (Å²) in [7, 11) is 0. The molecule has 0 bridgehead atoms. The van der Waals surface area contributed by atoms with Crippen molar-refractivity contribution in [3.63, 3.8) is 0 Å². The largest absolute Gasteiger partial charge is 0.491 e. The number of aromatic amines is 1. The maximum Gasteiger partial charge on any atom is 0.491 e. The van der Waals surface area contributed by atoms with E-state index in [9.17, 15) is 26.7 Å². The Balaban J connectivity index is 1.87. The van der Waals surface area contributed by atoms with Crippen molar-refractivity contribution in [1.82, 2.24) is 24.6 Å². The van der Waals surface area contributed by atoms with Gasteiger partial charge < -0.3 is 9.47 Å². The number of esters is 1. The Morgan fingerprint density at radius 1 is 1.12 bits per heavy atom. The molecule has 0 radical (unpaired) electrons. The molecule has 0 saturated heterocycles. The molecule has 1 N–H and O–H groups in total. The lowest BCUT2D eigenvalue weighted by molar-refractivity contribution is -0.190. The molecule has 0 atom stereocenters. The average Bonchev–Trinajstić information content (AvgIpc) is 3.36. The van der Waals surface area contributed by atoms with Gasteiger partial charge in [0.1, 0.15) is 23.9 Å². The van der Waals surface area contributed by atoms with Crippen molar-refractivity contribution in [2.24, 2.45) is 0 Å². The van der Waals surface area contributed by atoms with Gasteiger partial charge in [-0.25, -0.2) is 23.5 Å². The van der Waals surface area contributed by atoms with E-state index in [0.717, 1.165) is 16.5 Å². The smallest absolute Gasteiger partial charge is 0.470 e. The van der Waals surface area contributed by atoms with E-state index in [-0.39, 0.29) is 28.5 Å². The molecule has 1 aromatic carbocycles. The van der Waals surface area contributed by atoms with Gasteiger partial charge in [-0.05, 0) is 26.0 Å². The zero-order valence-corrected chi connectivity index (χ0v) is 17.0. The summed E-state index contributed by atoms with van der Waals surface area (Å²) in [6.07, 6.45) is -2.42. The van der Waals surface area contributed by atoms with Crippen molar-refractivity contribution in [2.45, 2.75) is 26.6 Å². The number of hydrogen-bond acceptors (Lipinski definition) is 6. The van der Waals surface area contributed by atoms with Crippen LogP contribution in [0.1, 0.15) is 17.0 Å². The first-order chi connectivity index (χ1) is 15.6. The van der Waals surface area contributed by atoms with Crippen LogP contribution in [-0.2, 0) is 11.4 Å². The number of ether oxygens (including phenoxy) is 2. The van der Waals surface area contributed by atoms with Crippen LogP contribution in [0.15, 0.2) is 30.6 Å². The van der Waals surface area contributed by atoms with Crippen LogP contribution in [0.4, 0.5) is 22.0 Å². The van der Waals surface area contributed by atoms with Gasteiger partial charge in [0.15, 0.2) is 0 Å². The van der Waals surface area contributed by atoms with Gasteiger partial charge in [0, 0.05) is 11.8 Å². The number of nitrogens with zero attached hydrogens (tertiary/aromatic N) is 4. The predicted molar refractivity (Wildman–Crippen MR) is 102 cm³/mol. The summed E-state index contributed by atoms with van der Waals surface area (Å²) in [5.41, 5.74) is 0.315. The van der Waals surface area contributed by atoms with E-state index in [0.29, 0.717) is 11.3 Å². The molecule has 13 heteroatoms. The Morgan fingerprint density at radius 2 is 1.82 bits per heavy atom. The number of halogens is 5. The molecule has 0 unspecified atom stereocenters. The van der Waals surface area contributed by atoms with Crippen molar-refractivity contribution in [3.8, 4) is 23.0 Å². The molecule has 3 aromatic heterocycles. The number of rotatable bonds is 5. The number of aromatic nitrogens is 5. The van der Waals surface area contributed by atoms with Gasteiger partial charge in [0.05, 0.1) is 23.1 Å². The van der Waals surface area contributed by atoms with E-state index in [1.807, 2.05) is 0 Å². The number of nitrogens with one attached hydrogen (secondary N) is 1. The maximum absolute atomic E-state index is 14.0. The Hall–Kier alpha value is -4.03. The fraction of sp³-hybridized carbons (Fsp3) is 0.200. The summed E-state index contributed by atoms with van der Waals surface area (Å²) in [5.74, 6) is -4.94. The van der Waals surface area contributed by atoms with Crippen LogP contribution >= 0.6 is 0 Å². The van der Waals surface area contributed by atoms with E-state index < -0.39 is 36.3 Å². The zero-order valence-electron chi connectivity index (χ0n) is 17.0. The molecule has 0 spiro atoms. The third kappa shape index (κ3) is 4.08. The second kappa shape index (κ2) is 8.15. The Labute approximate surface area is 182 Å². The summed E-state index contributed by atoms with van der Waals surface area (Å²) < 4.78 is 77.8. The normalized spacial score (nSPS) is 11.7. The third-order valence-corrected chi connectivity index (χ3v) is 4.63. The Kier molecular flexibility index (Phi) is 5.47. The number of fused-ring (bicyclic) bond motifs is 1. The summed E-state index contributed by atoms with van der Waals surface area (Å²) in [5, 5.41) is 6.39. The molecule has 0 aliphatic heterocycles. The quantitative estimate of drug-likeness (QED) is 0.352. The maximum atomic E-state index is 14.0. The van der Waals surface area contributed by atoms with Crippen LogP contribution in [0, 0.1) is 25.5 Å². The van der Waals surface area contributed by atoms with Gasteiger partial charge >= 0.3 is 12.1 Å². The van der Waals surface area contributed by atoms with E-state index in [4.69, 9.17) is 4.74 Å². The van der Waals surface area contributed by atoms with E-state index >= 15 is 0 Å². The van der Waals surface area contributed by atoms with Crippen molar-refractivity contribution in [1.29, 1.82) is 0 Å². The molecule has 0 amide bonds. The molecular formula is C20H14F5N5O3. The summed E-state index contributed by atoms with van der Waals surface area (Å²) in [4.78, 5) is 19.9. The number of aryl methyl sites for hydroxylation is 2. The molecule has 33 heavy (non-hydrogen) atoms. The summed E-state index contributed by atoms with van der Waals surface area (Å²) in [6, 6.07) is 3.28. The van der Waals surface area contributed by atoms with Crippen LogP contribution in [0.25, 0.3) is 16.9 Å². The lowest BCUT2D eigenvalue weighted by Crippen LogP contribution is -2.29. The Bertz CT molecular complexity index is 1330. The number of hydrogen-bond donors (Lipinski definition) is 1.